The van der Waals surface area contributed by atoms with Gasteiger partial charge in [0, 0.05) is 10.7 Å². The zero-order valence-electron chi connectivity index (χ0n) is 11.8. The van der Waals surface area contributed by atoms with E-state index in [1.54, 1.807) is 6.07 Å². The largest absolute Gasteiger partial charge is 0.619 e. The van der Waals surface area contributed by atoms with Crippen molar-refractivity contribution >= 4 is 44.9 Å². The van der Waals surface area contributed by atoms with Gasteiger partial charge in [0.05, 0.1) is 17.3 Å². The molecule has 0 bridgehead atoms. The summed E-state index contributed by atoms with van der Waals surface area (Å²) in [7, 11) is 0. The number of nitrogens with zero attached hydrogens (tertiary/aromatic N) is 3. The second kappa shape index (κ2) is 6.43. The third kappa shape index (κ3) is 3.10. The normalized spacial score (nSPS) is 10.8. The Hall–Kier alpha value is -2.09. The van der Waals surface area contributed by atoms with Gasteiger partial charge in [-0.25, -0.2) is 4.68 Å². The molecule has 0 fully saturated rings. The highest BCUT2D eigenvalue weighted by Crippen LogP contribution is 2.28. The number of phenolic OH excluding ortho intramolecular Hbond substituents is 1. The van der Waals surface area contributed by atoms with Gasteiger partial charge in [0.25, 0.3) is 0 Å². The maximum absolute atomic E-state index is 12.5. The SMILES string of the molecule is O=C(c1cnn(-c2c(Cl)c[n+]([O-])cc2Cl)c1)c1cc(Br)ccc1O. The van der Waals surface area contributed by atoms with E-state index in [2.05, 4.69) is 21.0 Å². The predicted octanol–water partition coefficient (Wildman–Crippen LogP) is 3.51. The first-order valence-corrected chi connectivity index (χ1v) is 8.08. The molecule has 0 unspecified atom stereocenters. The third-order valence-electron chi connectivity index (χ3n) is 3.21. The fourth-order valence-corrected chi connectivity index (χ4v) is 3.10. The van der Waals surface area contributed by atoms with Crippen molar-refractivity contribution in [1.82, 2.24) is 9.78 Å². The Labute approximate surface area is 154 Å². The molecule has 24 heavy (non-hydrogen) atoms. The van der Waals surface area contributed by atoms with Crippen LogP contribution in [0.25, 0.3) is 5.69 Å². The van der Waals surface area contributed by atoms with Crippen LogP contribution in [0.5, 0.6) is 5.75 Å². The zero-order chi connectivity index (χ0) is 17.4. The molecule has 9 heteroatoms. The molecule has 0 radical (unpaired) electrons. The van der Waals surface area contributed by atoms with Crippen molar-refractivity contribution in [2.24, 2.45) is 0 Å². The lowest BCUT2D eigenvalue weighted by atomic mass is 10.1. The Balaban J connectivity index is 2.03. The molecule has 2 heterocycles. The molecule has 1 aromatic carbocycles. The van der Waals surface area contributed by atoms with E-state index < -0.39 is 5.78 Å². The molecule has 0 saturated carbocycles. The fourth-order valence-electron chi connectivity index (χ4n) is 2.12. The number of halogens is 3. The lowest BCUT2D eigenvalue weighted by Gasteiger charge is -2.06. The Morgan fingerprint density at radius 2 is 1.96 bits per heavy atom. The summed E-state index contributed by atoms with van der Waals surface area (Å²) in [5, 5.41) is 25.4. The molecule has 3 rings (SSSR count). The molecular weight excluding hydrogens is 421 g/mol. The van der Waals surface area contributed by atoms with Crippen LogP contribution in [0.1, 0.15) is 15.9 Å². The number of carbonyl (C=O) groups is 1. The number of phenols is 1. The summed E-state index contributed by atoms with van der Waals surface area (Å²) in [5.41, 5.74) is 0.643. The minimum atomic E-state index is -0.415. The summed E-state index contributed by atoms with van der Waals surface area (Å²) in [6, 6.07) is 4.55. The first-order valence-electron chi connectivity index (χ1n) is 6.53. The minimum Gasteiger partial charge on any atom is -0.619 e. The molecule has 6 nitrogen and oxygen atoms in total. The van der Waals surface area contributed by atoms with Gasteiger partial charge < -0.3 is 10.3 Å². The van der Waals surface area contributed by atoms with Gasteiger partial charge in [-0.2, -0.15) is 9.83 Å². The Morgan fingerprint density at radius 3 is 2.62 bits per heavy atom. The topological polar surface area (TPSA) is 82.1 Å². The van der Waals surface area contributed by atoms with Crippen LogP contribution < -0.4 is 4.73 Å². The number of rotatable bonds is 3. The van der Waals surface area contributed by atoms with E-state index in [0.717, 1.165) is 12.4 Å². The number of ketones is 1. The van der Waals surface area contributed by atoms with Gasteiger partial charge in [0.15, 0.2) is 5.78 Å². The molecule has 0 atom stereocenters. The number of pyridine rings is 1. The van der Waals surface area contributed by atoms with E-state index in [4.69, 9.17) is 23.2 Å². The summed E-state index contributed by atoms with van der Waals surface area (Å²) in [6.07, 6.45) is 5.01. The lowest BCUT2D eigenvalue weighted by Crippen LogP contribution is -2.25. The predicted molar refractivity (Wildman–Crippen MR) is 91.8 cm³/mol. The van der Waals surface area contributed by atoms with Gasteiger partial charge >= 0.3 is 0 Å². The maximum atomic E-state index is 12.5. The highest BCUT2D eigenvalue weighted by atomic mass is 79.9. The van der Waals surface area contributed by atoms with E-state index >= 15 is 0 Å². The number of hydrogen-bond acceptors (Lipinski definition) is 4. The monoisotopic (exact) mass is 427 g/mol. The van der Waals surface area contributed by atoms with Crippen molar-refractivity contribution in [2.45, 2.75) is 0 Å². The maximum Gasteiger partial charge on any atom is 0.201 e. The smallest absolute Gasteiger partial charge is 0.201 e. The second-order valence-electron chi connectivity index (χ2n) is 4.83. The molecule has 1 N–H and O–H groups in total. The third-order valence-corrected chi connectivity index (χ3v) is 4.26. The van der Waals surface area contributed by atoms with Gasteiger partial charge in [0.1, 0.15) is 21.5 Å². The number of aromatic nitrogens is 3. The van der Waals surface area contributed by atoms with E-state index in [1.165, 1.54) is 29.2 Å². The molecule has 2 aromatic heterocycles. The number of aromatic hydroxyl groups is 1. The van der Waals surface area contributed by atoms with Gasteiger partial charge in [-0.3, -0.25) is 4.79 Å². The van der Waals surface area contributed by atoms with E-state index in [1.807, 2.05) is 0 Å². The van der Waals surface area contributed by atoms with Crippen LogP contribution >= 0.6 is 39.1 Å². The van der Waals surface area contributed by atoms with E-state index in [9.17, 15) is 15.1 Å². The van der Waals surface area contributed by atoms with Gasteiger partial charge in [-0.1, -0.05) is 39.1 Å². The molecule has 0 aliphatic carbocycles. The van der Waals surface area contributed by atoms with Crippen molar-refractivity contribution < 1.29 is 14.6 Å². The number of hydrogen-bond donors (Lipinski definition) is 1. The minimum absolute atomic E-state index is 0.0879. The number of benzene rings is 1. The average Bonchev–Trinajstić information content (AvgIpc) is 2.97. The van der Waals surface area contributed by atoms with E-state index in [-0.39, 0.29) is 32.6 Å². The van der Waals surface area contributed by atoms with Crippen molar-refractivity contribution in [3.63, 3.8) is 0 Å². The van der Waals surface area contributed by atoms with Crippen LogP contribution in [-0.4, -0.2) is 20.7 Å². The standard InChI is InChI=1S/C15H8BrCl2N3O3/c16-9-1-2-13(22)10(3-9)15(23)8-4-19-21(5-8)14-11(17)6-20(24)7-12(14)18/h1-7,22H. The van der Waals surface area contributed by atoms with Crippen LogP contribution in [0.15, 0.2) is 47.5 Å². The second-order valence-corrected chi connectivity index (χ2v) is 6.56. The van der Waals surface area contributed by atoms with Crippen LogP contribution in [-0.2, 0) is 0 Å². The molecular formula is C15H8BrCl2N3O3. The fraction of sp³-hybridized carbons (Fsp3) is 0. The Morgan fingerprint density at radius 1 is 1.29 bits per heavy atom. The first kappa shape index (κ1) is 16.8. The first-order chi connectivity index (χ1) is 11.4. The molecule has 0 aliphatic rings. The lowest BCUT2D eigenvalue weighted by molar-refractivity contribution is -0.605. The molecule has 122 valence electrons. The Kier molecular flexibility index (Phi) is 4.49. The molecule has 0 spiro atoms. The highest BCUT2D eigenvalue weighted by molar-refractivity contribution is 9.10. The molecule has 3 aromatic rings. The van der Waals surface area contributed by atoms with Gasteiger partial charge in [0.2, 0.25) is 12.4 Å². The highest BCUT2D eigenvalue weighted by Gasteiger charge is 2.19. The van der Waals surface area contributed by atoms with Crippen molar-refractivity contribution in [3.05, 3.63) is 73.8 Å². The van der Waals surface area contributed by atoms with Crippen LogP contribution in [0, 0.1) is 5.21 Å². The average molecular weight is 429 g/mol. The quantitative estimate of drug-likeness (QED) is 0.393. The summed E-state index contributed by atoms with van der Waals surface area (Å²) in [6.45, 7) is 0. The molecule has 0 amide bonds. The van der Waals surface area contributed by atoms with Crippen molar-refractivity contribution in [1.29, 1.82) is 0 Å². The Bertz CT molecular complexity index is 936. The van der Waals surface area contributed by atoms with Gasteiger partial charge in [-0.15, -0.1) is 0 Å². The molecule has 0 saturated heterocycles. The summed E-state index contributed by atoms with van der Waals surface area (Å²) >= 11 is 15.3. The van der Waals surface area contributed by atoms with Crippen LogP contribution in [0.2, 0.25) is 10.0 Å². The van der Waals surface area contributed by atoms with Crippen LogP contribution in [0.4, 0.5) is 0 Å². The zero-order valence-corrected chi connectivity index (χ0v) is 14.9. The van der Waals surface area contributed by atoms with E-state index in [0.29, 0.717) is 9.20 Å². The van der Waals surface area contributed by atoms with Crippen molar-refractivity contribution in [3.8, 4) is 11.4 Å². The van der Waals surface area contributed by atoms with Crippen LogP contribution in [0.3, 0.4) is 0 Å². The molecule has 0 aliphatic heterocycles. The summed E-state index contributed by atoms with van der Waals surface area (Å²) in [4.78, 5) is 12.5. The summed E-state index contributed by atoms with van der Waals surface area (Å²) in [5.74, 6) is -0.554. The number of carbonyl (C=O) groups excluding carboxylic acids is 1. The van der Waals surface area contributed by atoms with Gasteiger partial charge in [-0.05, 0) is 18.2 Å². The summed E-state index contributed by atoms with van der Waals surface area (Å²) < 4.78 is 2.43. The van der Waals surface area contributed by atoms with Crippen molar-refractivity contribution in [2.75, 3.05) is 0 Å².